The molecule has 0 aromatic rings. The van der Waals surface area contributed by atoms with E-state index in [1.165, 1.54) is 7.11 Å². The van der Waals surface area contributed by atoms with E-state index in [1.807, 2.05) is 0 Å². The van der Waals surface area contributed by atoms with E-state index >= 15 is 0 Å². The molecule has 1 rings (SSSR count). The van der Waals surface area contributed by atoms with Crippen LogP contribution in [0.2, 0.25) is 0 Å². The maximum absolute atomic E-state index is 10.7. The fourth-order valence-corrected chi connectivity index (χ4v) is 0.683. The highest BCUT2D eigenvalue weighted by Crippen LogP contribution is 1.97. The third-order valence-electron chi connectivity index (χ3n) is 1.30. The van der Waals surface area contributed by atoms with Crippen molar-refractivity contribution in [3.63, 3.8) is 0 Å². The first-order valence-electron chi connectivity index (χ1n) is 3.22. The van der Waals surface area contributed by atoms with Gasteiger partial charge in [-0.2, -0.15) is 0 Å². The van der Waals surface area contributed by atoms with Crippen LogP contribution in [-0.4, -0.2) is 38.9 Å². The second-order valence-electron chi connectivity index (χ2n) is 2.20. The van der Waals surface area contributed by atoms with Crippen molar-refractivity contribution in [2.24, 2.45) is 0 Å². The van der Waals surface area contributed by atoms with Gasteiger partial charge >= 0.3 is 5.97 Å². The van der Waals surface area contributed by atoms with Crippen LogP contribution in [0.3, 0.4) is 0 Å². The first-order valence-corrected chi connectivity index (χ1v) is 3.22. The van der Waals surface area contributed by atoms with Gasteiger partial charge in [0.05, 0.1) is 0 Å². The lowest BCUT2D eigenvalue weighted by Gasteiger charge is -2.26. The third-order valence-corrected chi connectivity index (χ3v) is 1.30. The molecule has 1 aliphatic rings. The Morgan fingerprint density at radius 2 is 2.40 bits per heavy atom. The molecular formula is C6H11NO3. The molecule has 4 heteroatoms. The Kier molecular flexibility index (Phi) is 2.65. The van der Waals surface area contributed by atoms with Crippen molar-refractivity contribution in [3.8, 4) is 0 Å². The van der Waals surface area contributed by atoms with Crippen LogP contribution in [0.15, 0.2) is 0 Å². The van der Waals surface area contributed by atoms with Gasteiger partial charge in [-0.05, 0) is 0 Å². The molecular weight excluding hydrogens is 134 g/mol. The number of rotatable bonds is 3. The Morgan fingerprint density at radius 3 is 2.80 bits per heavy atom. The van der Waals surface area contributed by atoms with Gasteiger partial charge in [-0.25, -0.2) is 4.79 Å². The minimum Gasteiger partial charge on any atom is -0.458 e. The largest absolute Gasteiger partial charge is 0.458 e. The first-order chi connectivity index (χ1) is 4.83. The first kappa shape index (κ1) is 7.50. The van der Waals surface area contributed by atoms with Crippen LogP contribution in [0.4, 0.5) is 0 Å². The molecule has 1 aliphatic heterocycles. The number of methoxy groups -OCH3 is 1. The minimum atomic E-state index is -0.283. The Morgan fingerprint density at radius 1 is 1.70 bits per heavy atom. The number of hydrogen-bond donors (Lipinski definition) is 1. The lowest BCUT2D eigenvalue weighted by Crippen LogP contribution is -2.49. The summed E-state index contributed by atoms with van der Waals surface area (Å²) in [4.78, 5) is 10.7. The number of carbonyl (C=O) groups is 1. The predicted octanol–water partition coefficient (Wildman–Crippen LogP) is -0.852. The molecule has 0 bridgehead atoms. The van der Waals surface area contributed by atoms with Gasteiger partial charge in [0.25, 0.3) is 0 Å². The van der Waals surface area contributed by atoms with Crippen molar-refractivity contribution in [3.05, 3.63) is 0 Å². The van der Waals surface area contributed by atoms with Crippen LogP contribution in [-0.2, 0) is 14.3 Å². The topological polar surface area (TPSA) is 47.6 Å². The Labute approximate surface area is 59.5 Å². The highest BCUT2D eigenvalue weighted by Gasteiger charge is 2.20. The number of esters is 1. The lowest BCUT2D eigenvalue weighted by atomic mass is 10.2. The molecule has 0 unspecified atom stereocenters. The number of nitrogens with one attached hydrogen (secondary N) is 1. The molecule has 0 aliphatic carbocycles. The van der Waals surface area contributed by atoms with E-state index < -0.39 is 0 Å². The van der Waals surface area contributed by atoms with Crippen LogP contribution < -0.4 is 5.32 Å². The van der Waals surface area contributed by atoms with Gasteiger partial charge in [0.2, 0.25) is 0 Å². The van der Waals surface area contributed by atoms with Crippen LogP contribution in [0.25, 0.3) is 0 Å². The van der Waals surface area contributed by atoms with E-state index in [9.17, 15) is 4.79 Å². The van der Waals surface area contributed by atoms with E-state index in [1.54, 1.807) is 0 Å². The molecule has 58 valence electrons. The summed E-state index contributed by atoms with van der Waals surface area (Å²) in [6, 6.07) is 0. The molecule has 1 heterocycles. The molecule has 0 saturated carbocycles. The van der Waals surface area contributed by atoms with Gasteiger partial charge in [0.15, 0.2) is 0 Å². The van der Waals surface area contributed by atoms with Crippen molar-refractivity contribution in [1.82, 2.24) is 5.32 Å². The van der Waals surface area contributed by atoms with E-state index in [2.05, 4.69) is 10.1 Å². The lowest BCUT2D eigenvalue weighted by molar-refractivity contribution is -0.155. The van der Waals surface area contributed by atoms with Crippen LogP contribution in [0.5, 0.6) is 0 Å². The molecule has 1 saturated heterocycles. The quantitative estimate of drug-likeness (QED) is 0.525. The Bertz CT molecular complexity index is 122. The highest BCUT2D eigenvalue weighted by atomic mass is 16.6. The molecule has 0 aromatic carbocycles. The zero-order chi connectivity index (χ0) is 7.40. The molecule has 0 spiro atoms. The molecule has 10 heavy (non-hydrogen) atoms. The van der Waals surface area contributed by atoms with E-state index in [0.29, 0.717) is 0 Å². The van der Waals surface area contributed by atoms with Gasteiger partial charge < -0.3 is 14.8 Å². The molecule has 0 radical (unpaired) electrons. The summed E-state index contributed by atoms with van der Waals surface area (Å²) < 4.78 is 9.48. The normalized spacial score (nSPS) is 18.1. The predicted molar refractivity (Wildman–Crippen MR) is 34.6 cm³/mol. The van der Waals surface area contributed by atoms with E-state index in [-0.39, 0.29) is 18.7 Å². The summed E-state index contributed by atoms with van der Waals surface area (Å²) in [6.45, 7) is 1.60. The van der Waals surface area contributed by atoms with Crippen molar-refractivity contribution in [2.75, 3.05) is 26.8 Å². The fourth-order valence-electron chi connectivity index (χ4n) is 0.683. The number of carbonyl (C=O) groups excluding carboxylic acids is 1. The van der Waals surface area contributed by atoms with Crippen LogP contribution >= 0.6 is 0 Å². The molecule has 1 fully saturated rings. The average Bonchev–Trinajstić information content (AvgIpc) is 1.80. The molecule has 0 amide bonds. The Hall–Kier alpha value is -0.610. The van der Waals surface area contributed by atoms with Gasteiger partial charge in [0, 0.05) is 20.2 Å². The van der Waals surface area contributed by atoms with Crippen molar-refractivity contribution in [1.29, 1.82) is 0 Å². The molecule has 4 nitrogen and oxygen atoms in total. The summed E-state index contributed by atoms with van der Waals surface area (Å²) in [7, 11) is 1.47. The summed E-state index contributed by atoms with van der Waals surface area (Å²) in [5.41, 5.74) is 0. The van der Waals surface area contributed by atoms with E-state index in [4.69, 9.17) is 4.74 Å². The monoisotopic (exact) mass is 145 g/mol. The third kappa shape index (κ3) is 1.97. The van der Waals surface area contributed by atoms with Gasteiger partial charge in [-0.1, -0.05) is 0 Å². The fraction of sp³-hybridized carbons (Fsp3) is 0.833. The van der Waals surface area contributed by atoms with Gasteiger partial charge in [-0.15, -0.1) is 0 Å². The van der Waals surface area contributed by atoms with Gasteiger partial charge in [0.1, 0.15) is 12.7 Å². The average molecular weight is 145 g/mol. The minimum absolute atomic E-state index is 0.0521. The molecule has 1 N–H and O–H groups in total. The SMILES string of the molecule is COCC(=O)OC1CNC1. The van der Waals surface area contributed by atoms with Crippen LogP contribution in [0, 0.1) is 0 Å². The number of ether oxygens (including phenoxy) is 2. The smallest absolute Gasteiger partial charge is 0.332 e. The second kappa shape index (κ2) is 3.53. The summed E-state index contributed by atoms with van der Waals surface area (Å²) in [6.07, 6.45) is 0.0719. The summed E-state index contributed by atoms with van der Waals surface area (Å²) in [5, 5.41) is 2.99. The maximum atomic E-state index is 10.7. The highest BCUT2D eigenvalue weighted by molar-refractivity contribution is 5.70. The van der Waals surface area contributed by atoms with Crippen molar-refractivity contribution >= 4 is 5.97 Å². The maximum Gasteiger partial charge on any atom is 0.332 e. The zero-order valence-corrected chi connectivity index (χ0v) is 5.92. The van der Waals surface area contributed by atoms with Crippen molar-refractivity contribution < 1.29 is 14.3 Å². The zero-order valence-electron chi connectivity index (χ0n) is 5.92. The van der Waals surface area contributed by atoms with Crippen LogP contribution in [0.1, 0.15) is 0 Å². The standard InChI is InChI=1S/C6H11NO3/c1-9-4-6(8)10-5-2-7-3-5/h5,7H,2-4H2,1H3. The van der Waals surface area contributed by atoms with Crippen molar-refractivity contribution in [2.45, 2.75) is 6.10 Å². The molecule has 0 atom stereocenters. The summed E-state index contributed by atoms with van der Waals surface area (Å²) >= 11 is 0. The van der Waals surface area contributed by atoms with Gasteiger partial charge in [-0.3, -0.25) is 0 Å². The van der Waals surface area contributed by atoms with E-state index in [0.717, 1.165) is 13.1 Å². The number of hydrogen-bond acceptors (Lipinski definition) is 4. The second-order valence-corrected chi connectivity index (χ2v) is 2.20. The summed E-state index contributed by atoms with van der Waals surface area (Å²) in [5.74, 6) is -0.283. The Balaban J connectivity index is 2.05. The molecule has 0 aromatic heterocycles.